The van der Waals surface area contributed by atoms with Crippen molar-refractivity contribution in [3.05, 3.63) is 30.3 Å². The minimum Gasteiger partial charge on any atom is -0.389 e. The summed E-state index contributed by atoms with van der Waals surface area (Å²) in [5, 5.41) is 21.8. The van der Waals surface area contributed by atoms with Gasteiger partial charge in [-0.1, -0.05) is 44.2 Å². The summed E-state index contributed by atoms with van der Waals surface area (Å²) in [6.45, 7) is 4.65. The van der Waals surface area contributed by atoms with Crippen LogP contribution < -0.4 is 0 Å². The van der Waals surface area contributed by atoms with Crippen LogP contribution in [0.4, 0.5) is 0 Å². The van der Waals surface area contributed by atoms with Crippen LogP contribution in [0.3, 0.4) is 0 Å². The molecule has 1 atom stereocenters. The van der Waals surface area contributed by atoms with E-state index in [2.05, 4.69) is 15.4 Å². The van der Waals surface area contributed by atoms with E-state index in [1.807, 2.05) is 44.2 Å². The summed E-state index contributed by atoms with van der Waals surface area (Å²) in [5.41, 5.74) is 0.864. The molecule has 1 aliphatic heterocycles. The molecule has 7 heteroatoms. The lowest BCUT2D eigenvalue weighted by atomic mass is 10.0. The van der Waals surface area contributed by atoms with Crippen molar-refractivity contribution in [3.63, 3.8) is 0 Å². The first-order valence-corrected chi connectivity index (χ1v) is 7.38. The number of hydrogen-bond donors (Lipinski definition) is 1. The van der Waals surface area contributed by atoms with Crippen molar-refractivity contribution in [1.29, 1.82) is 0 Å². The van der Waals surface area contributed by atoms with Crippen molar-refractivity contribution in [1.82, 2.24) is 25.1 Å². The molecule has 1 saturated heterocycles. The largest absolute Gasteiger partial charge is 0.389 e. The molecule has 0 aliphatic carbocycles. The Morgan fingerprint density at radius 3 is 2.55 bits per heavy atom. The van der Waals surface area contributed by atoms with Crippen LogP contribution in [0.1, 0.15) is 19.9 Å². The summed E-state index contributed by atoms with van der Waals surface area (Å²) < 4.78 is 0. The topological polar surface area (TPSA) is 84.1 Å². The second-order valence-electron chi connectivity index (χ2n) is 5.89. The van der Waals surface area contributed by atoms with Gasteiger partial charge in [-0.2, -0.15) is 4.80 Å². The van der Waals surface area contributed by atoms with Crippen LogP contribution in [0.25, 0.3) is 11.4 Å². The fraction of sp³-hybridized carbons (Fsp3) is 0.467. The molecule has 0 unspecified atom stereocenters. The van der Waals surface area contributed by atoms with Gasteiger partial charge >= 0.3 is 0 Å². The van der Waals surface area contributed by atoms with Gasteiger partial charge in [0.2, 0.25) is 11.7 Å². The van der Waals surface area contributed by atoms with Crippen molar-refractivity contribution >= 4 is 5.91 Å². The number of rotatable bonds is 4. The van der Waals surface area contributed by atoms with E-state index in [0.717, 1.165) is 5.56 Å². The lowest BCUT2D eigenvalue weighted by molar-refractivity contribution is -0.147. The van der Waals surface area contributed by atoms with Gasteiger partial charge in [-0.05, 0) is 11.1 Å². The molecule has 7 nitrogen and oxygen atoms in total. The molecule has 3 rings (SSSR count). The molecule has 22 heavy (non-hydrogen) atoms. The lowest BCUT2D eigenvalue weighted by Crippen LogP contribution is -2.56. The van der Waals surface area contributed by atoms with E-state index in [4.69, 9.17) is 0 Å². The predicted octanol–water partition coefficient (Wildman–Crippen LogP) is 0.740. The Balaban J connectivity index is 1.84. The summed E-state index contributed by atoms with van der Waals surface area (Å²) in [5.74, 6) is 0.461. The van der Waals surface area contributed by atoms with E-state index in [1.54, 1.807) is 4.90 Å². The average molecular weight is 301 g/mol. The Kier molecular flexibility index (Phi) is 3.89. The standard InChI is InChI=1S/C15H19N5O2/c1-10(2)13(15(22)19-8-12(21)9-19)20-17-14(16-18-20)11-6-4-3-5-7-11/h3-7,10,12-13,21H,8-9H2,1-2H3/t13-/m0/s1. The number of likely N-dealkylation sites (tertiary alicyclic amines) is 1. The number of amides is 1. The third-order valence-corrected chi connectivity index (χ3v) is 3.77. The Bertz CT molecular complexity index is 649. The summed E-state index contributed by atoms with van der Waals surface area (Å²) >= 11 is 0. The van der Waals surface area contributed by atoms with Crippen LogP contribution in [0, 0.1) is 5.92 Å². The number of nitrogens with zero attached hydrogens (tertiary/aromatic N) is 5. The van der Waals surface area contributed by atoms with Gasteiger partial charge in [-0.25, -0.2) is 0 Å². The highest BCUT2D eigenvalue weighted by Crippen LogP contribution is 2.23. The lowest BCUT2D eigenvalue weighted by Gasteiger charge is -2.38. The van der Waals surface area contributed by atoms with Gasteiger partial charge in [0.25, 0.3) is 0 Å². The smallest absolute Gasteiger partial charge is 0.249 e. The van der Waals surface area contributed by atoms with Crippen molar-refractivity contribution in [2.24, 2.45) is 5.92 Å². The second-order valence-corrected chi connectivity index (χ2v) is 5.89. The quantitative estimate of drug-likeness (QED) is 0.900. The highest BCUT2D eigenvalue weighted by Gasteiger charge is 2.37. The molecule has 1 aromatic carbocycles. The maximum Gasteiger partial charge on any atom is 0.249 e. The number of aromatic nitrogens is 4. The van der Waals surface area contributed by atoms with Gasteiger partial charge in [0.1, 0.15) is 0 Å². The van der Waals surface area contributed by atoms with Crippen molar-refractivity contribution in [2.45, 2.75) is 26.0 Å². The number of carbonyl (C=O) groups is 1. The van der Waals surface area contributed by atoms with E-state index in [9.17, 15) is 9.90 Å². The van der Waals surface area contributed by atoms with Gasteiger partial charge in [0.15, 0.2) is 6.04 Å². The summed E-state index contributed by atoms with van der Waals surface area (Å²) in [7, 11) is 0. The van der Waals surface area contributed by atoms with E-state index in [-0.39, 0.29) is 11.8 Å². The normalized spacial score (nSPS) is 16.6. The zero-order valence-corrected chi connectivity index (χ0v) is 12.6. The number of benzene rings is 1. The monoisotopic (exact) mass is 301 g/mol. The average Bonchev–Trinajstić information content (AvgIpc) is 2.94. The number of carbonyl (C=O) groups excluding carboxylic acids is 1. The van der Waals surface area contributed by atoms with Crippen molar-refractivity contribution < 1.29 is 9.90 Å². The van der Waals surface area contributed by atoms with Crippen LogP contribution in [-0.2, 0) is 4.79 Å². The molecular formula is C15H19N5O2. The van der Waals surface area contributed by atoms with Crippen LogP contribution >= 0.6 is 0 Å². The van der Waals surface area contributed by atoms with Gasteiger partial charge in [0.05, 0.1) is 6.10 Å². The Morgan fingerprint density at radius 2 is 1.95 bits per heavy atom. The van der Waals surface area contributed by atoms with Gasteiger partial charge in [-0.15, -0.1) is 10.2 Å². The van der Waals surface area contributed by atoms with Gasteiger partial charge < -0.3 is 10.0 Å². The van der Waals surface area contributed by atoms with Crippen LogP contribution in [0.2, 0.25) is 0 Å². The van der Waals surface area contributed by atoms with E-state index in [0.29, 0.717) is 18.9 Å². The molecule has 1 aromatic heterocycles. The van der Waals surface area contributed by atoms with Crippen LogP contribution in [-0.4, -0.2) is 55.3 Å². The fourth-order valence-corrected chi connectivity index (χ4v) is 2.52. The van der Waals surface area contributed by atoms with Crippen molar-refractivity contribution in [2.75, 3.05) is 13.1 Å². The summed E-state index contributed by atoms with van der Waals surface area (Å²) in [6, 6.07) is 9.03. The molecule has 0 saturated carbocycles. The number of aliphatic hydroxyl groups excluding tert-OH is 1. The summed E-state index contributed by atoms with van der Waals surface area (Å²) in [4.78, 5) is 15.6. The van der Waals surface area contributed by atoms with E-state index in [1.165, 1.54) is 4.80 Å². The molecular weight excluding hydrogens is 282 g/mol. The van der Waals surface area contributed by atoms with Crippen LogP contribution in [0.15, 0.2) is 30.3 Å². The minimum atomic E-state index is -0.502. The molecule has 0 radical (unpaired) electrons. The maximum absolute atomic E-state index is 12.5. The third kappa shape index (κ3) is 2.71. The zero-order chi connectivity index (χ0) is 15.7. The predicted molar refractivity (Wildman–Crippen MR) is 79.7 cm³/mol. The Labute approximate surface area is 128 Å². The van der Waals surface area contributed by atoms with Gasteiger partial charge in [0, 0.05) is 18.7 Å². The summed E-state index contributed by atoms with van der Waals surface area (Å²) in [6.07, 6.45) is -0.416. The molecule has 0 bridgehead atoms. The zero-order valence-electron chi connectivity index (χ0n) is 12.6. The molecule has 1 fully saturated rings. The molecule has 2 heterocycles. The molecule has 0 spiro atoms. The third-order valence-electron chi connectivity index (χ3n) is 3.77. The number of tetrazole rings is 1. The molecule has 1 N–H and O–H groups in total. The first-order chi connectivity index (χ1) is 10.6. The highest BCUT2D eigenvalue weighted by atomic mass is 16.3. The first kappa shape index (κ1) is 14.6. The SMILES string of the molecule is CC(C)[C@@H](C(=O)N1CC(O)C1)n1nnc(-c2ccccc2)n1. The molecule has 1 aliphatic rings. The molecule has 2 aromatic rings. The molecule has 1 amide bonds. The van der Waals surface area contributed by atoms with Crippen LogP contribution in [0.5, 0.6) is 0 Å². The maximum atomic E-state index is 12.5. The highest BCUT2D eigenvalue weighted by molar-refractivity contribution is 5.81. The van der Waals surface area contributed by atoms with Crippen molar-refractivity contribution in [3.8, 4) is 11.4 Å². The fourth-order valence-electron chi connectivity index (χ4n) is 2.52. The Hall–Kier alpha value is -2.28. The second kappa shape index (κ2) is 5.84. The minimum absolute atomic E-state index is 0.0306. The van der Waals surface area contributed by atoms with Gasteiger partial charge in [-0.3, -0.25) is 4.79 Å². The number of aliphatic hydroxyl groups is 1. The molecule has 116 valence electrons. The van der Waals surface area contributed by atoms with E-state index >= 15 is 0 Å². The Morgan fingerprint density at radius 1 is 1.27 bits per heavy atom. The number of hydrogen-bond acceptors (Lipinski definition) is 5. The van der Waals surface area contributed by atoms with E-state index < -0.39 is 12.1 Å². The first-order valence-electron chi connectivity index (χ1n) is 7.38. The number of β-amino-alcohol motifs (C(OH)–C–C–N with tert-alkyl or cyclic N) is 1.